The lowest BCUT2D eigenvalue weighted by Crippen LogP contribution is -2.53. The number of carboxylic acid groups (broad SMARTS) is 1. The molecule has 2 aliphatic rings. The molecule has 0 radical (unpaired) electrons. The number of fused-ring (bicyclic) bond motifs is 1. The fourth-order valence-electron chi connectivity index (χ4n) is 4.81. The zero-order valence-corrected chi connectivity index (χ0v) is 20.3. The summed E-state index contributed by atoms with van der Waals surface area (Å²) in [6, 6.07) is 1.22. The highest BCUT2D eigenvalue weighted by Gasteiger charge is 2.34. The number of aromatic nitrogens is 1. The number of carbonyl (C=O) groups excluding carboxylic acids is 1. The molecular weight excluding hydrogens is 441 g/mol. The van der Waals surface area contributed by atoms with Crippen LogP contribution in [0.15, 0.2) is 17.1 Å². The van der Waals surface area contributed by atoms with Crippen LogP contribution in [0.2, 0.25) is 0 Å². The third kappa shape index (κ3) is 4.60. The number of amides is 1. The molecule has 1 saturated carbocycles. The van der Waals surface area contributed by atoms with Gasteiger partial charge in [0.15, 0.2) is 5.82 Å². The van der Waals surface area contributed by atoms with E-state index < -0.39 is 29.0 Å². The number of hydrogen-bond acceptors (Lipinski definition) is 5. The van der Waals surface area contributed by atoms with Gasteiger partial charge in [0, 0.05) is 13.1 Å². The van der Waals surface area contributed by atoms with E-state index in [1.54, 1.807) is 27.7 Å². The van der Waals surface area contributed by atoms with Crippen molar-refractivity contribution in [1.29, 1.82) is 0 Å². The van der Waals surface area contributed by atoms with Gasteiger partial charge in [-0.2, -0.15) is 0 Å². The smallest absolute Gasteiger partial charge is 0.407 e. The van der Waals surface area contributed by atoms with Crippen LogP contribution in [0.1, 0.15) is 74.4 Å². The first-order valence-electron chi connectivity index (χ1n) is 11.7. The highest BCUT2D eigenvalue weighted by molar-refractivity contribution is 5.89. The van der Waals surface area contributed by atoms with Crippen LogP contribution in [0, 0.1) is 18.7 Å². The topological polar surface area (TPSA) is 100 Å². The summed E-state index contributed by atoms with van der Waals surface area (Å²) in [5, 5.41) is 12.4. The quantitative estimate of drug-likeness (QED) is 0.695. The normalized spacial score (nSPS) is 20.9. The number of halogens is 1. The molecule has 0 unspecified atom stereocenters. The van der Waals surface area contributed by atoms with Gasteiger partial charge in [-0.1, -0.05) is 6.92 Å². The van der Waals surface area contributed by atoms with E-state index in [-0.39, 0.29) is 23.4 Å². The van der Waals surface area contributed by atoms with Gasteiger partial charge in [0.2, 0.25) is 0 Å². The Morgan fingerprint density at radius 3 is 2.50 bits per heavy atom. The summed E-state index contributed by atoms with van der Waals surface area (Å²) in [6.45, 7) is 10.2. The molecule has 3 heterocycles. The molecule has 34 heavy (non-hydrogen) atoms. The maximum absolute atomic E-state index is 15.5. The van der Waals surface area contributed by atoms with Crippen molar-refractivity contribution < 1.29 is 23.8 Å². The minimum atomic E-state index is -1.32. The molecule has 0 spiro atoms. The van der Waals surface area contributed by atoms with Gasteiger partial charge in [-0.05, 0) is 76.0 Å². The number of anilines is 1. The van der Waals surface area contributed by atoms with E-state index in [1.807, 2.05) is 11.8 Å². The molecule has 2 atom stereocenters. The van der Waals surface area contributed by atoms with Crippen LogP contribution in [-0.4, -0.2) is 46.3 Å². The summed E-state index contributed by atoms with van der Waals surface area (Å²) < 4.78 is 22.0. The van der Waals surface area contributed by atoms with E-state index >= 15 is 4.39 Å². The van der Waals surface area contributed by atoms with Crippen molar-refractivity contribution in [1.82, 2.24) is 9.72 Å². The number of hydrogen-bond donors (Lipinski definition) is 2. The summed E-state index contributed by atoms with van der Waals surface area (Å²) in [5.74, 6) is -1.57. The van der Waals surface area contributed by atoms with Crippen molar-refractivity contribution >= 4 is 23.3 Å². The second-order valence-corrected chi connectivity index (χ2v) is 10.5. The molecule has 2 aromatic rings. The molecule has 0 bridgehead atoms. The number of nitrogens with one attached hydrogen (secondary N) is 1. The van der Waals surface area contributed by atoms with Crippen molar-refractivity contribution in [3.8, 4) is 0 Å². The average molecular weight is 474 g/mol. The van der Waals surface area contributed by atoms with Crippen LogP contribution < -0.4 is 15.8 Å². The molecule has 1 aliphatic carbocycles. The van der Waals surface area contributed by atoms with Gasteiger partial charge in [0.1, 0.15) is 11.2 Å². The highest BCUT2D eigenvalue weighted by atomic mass is 19.1. The van der Waals surface area contributed by atoms with E-state index in [0.717, 1.165) is 35.4 Å². The Balaban J connectivity index is 1.74. The van der Waals surface area contributed by atoms with Crippen molar-refractivity contribution in [3.05, 3.63) is 45.1 Å². The van der Waals surface area contributed by atoms with E-state index in [0.29, 0.717) is 29.9 Å². The van der Waals surface area contributed by atoms with Crippen LogP contribution in [0.5, 0.6) is 0 Å². The largest absolute Gasteiger partial charge is 0.477 e. The van der Waals surface area contributed by atoms with Crippen LogP contribution in [-0.2, 0) is 4.74 Å². The molecule has 8 nitrogen and oxygen atoms in total. The fourth-order valence-corrected chi connectivity index (χ4v) is 4.81. The van der Waals surface area contributed by atoms with Gasteiger partial charge >= 0.3 is 12.1 Å². The lowest BCUT2D eigenvalue weighted by molar-refractivity contribution is 0.0483. The number of carboxylic acids is 1. The average Bonchev–Trinajstić information content (AvgIpc) is 3.54. The Morgan fingerprint density at radius 1 is 1.24 bits per heavy atom. The molecule has 2 aromatic heterocycles. The minimum Gasteiger partial charge on any atom is -0.477 e. The van der Waals surface area contributed by atoms with Crippen LogP contribution in [0.25, 0.3) is 5.52 Å². The maximum Gasteiger partial charge on any atom is 0.407 e. The Hall–Kier alpha value is -3.10. The Bertz CT molecular complexity index is 1210. The zero-order chi connectivity index (χ0) is 24.9. The van der Waals surface area contributed by atoms with Gasteiger partial charge in [-0.3, -0.25) is 9.20 Å². The summed E-state index contributed by atoms with van der Waals surface area (Å²) in [5.41, 5.74) is 0.614. The predicted octanol–water partition coefficient (Wildman–Crippen LogP) is 4.06. The second kappa shape index (κ2) is 8.60. The summed E-state index contributed by atoms with van der Waals surface area (Å²) >= 11 is 0. The summed E-state index contributed by atoms with van der Waals surface area (Å²) in [6.07, 6.45) is 3.15. The lowest BCUT2D eigenvalue weighted by Gasteiger charge is -2.39. The molecule has 1 aliphatic heterocycles. The van der Waals surface area contributed by atoms with Gasteiger partial charge < -0.3 is 20.1 Å². The SMILES string of the molecule is Cc1c(N2CC[C@H](C)[C@H](NC(=O)OC(C)(C)C)C2)c(F)cn2c(=O)c(C(=O)O)cc(C3CC3)c12. The second-order valence-electron chi connectivity index (χ2n) is 10.5. The van der Waals surface area contributed by atoms with Gasteiger partial charge in [-0.25, -0.2) is 14.0 Å². The molecule has 9 heteroatoms. The van der Waals surface area contributed by atoms with Crippen molar-refractivity contribution in [2.75, 3.05) is 18.0 Å². The molecule has 184 valence electrons. The molecular formula is C25H32FN3O5. The number of rotatable bonds is 4. The Morgan fingerprint density at radius 2 is 1.91 bits per heavy atom. The zero-order valence-electron chi connectivity index (χ0n) is 20.3. The predicted molar refractivity (Wildman–Crippen MR) is 126 cm³/mol. The third-order valence-corrected chi connectivity index (χ3v) is 6.67. The minimum absolute atomic E-state index is 0.161. The first-order chi connectivity index (χ1) is 15.9. The molecule has 4 rings (SSSR count). The van der Waals surface area contributed by atoms with Gasteiger partial charge in [0.25, 0.3) is 5.56 Å². The van der Waals surface area contributed by atoms with Gasteiger partial charge in [0.05, 0.1) is 23.4 Å². The maximum atomic E-state index is 15.5. The fraction of sp³-hybridized carbons (Fsp3) is 0.560. The van der Waals surface area contributed by atoms with E-state index in [9.17, 15) is 19.5 Å². The molecule has 1 saturated heterocycles. The molecule has 0 aromatic carbocycles. The number of alkyl carbamates (subject to hydrolysis) is 1. The number of ether oxygens (including phenoxy) is 1. The van der Waals surface area contributed by atoms with E-state index in [2.05, 4.69) is 5.32 Å². The van der Waals surface area contributed by atoms with Gasteiger partial charge in [-0.15, -0.1) is 0 Å². The van der Waals surface area contributed by atoms with E-state index in [4.69, 9.17) is 4.74 Å². The van der Waals surface area contributed by atoms with Crippen molar-refractivity contribution in [2.45, 2.75) is 71.4 Å². The monoisotopic (exact) mass is 473 g/mol. The van der Waals surface area contributed by atoms with Crippen LogP contribution in [0.3, 0.4) is 0 Å². The first-order valence-corrected chi connectivity index (χ1v) is 11.7. The highest BCUT2D eigenvalue weighted by Crippen LogP contribution is 2.44. The first kappa shape index (κ1) is 24.0. The molecule has 2 fully saturated rings. The number of nitrogens with zero attached hydrogens (tertiary/aromatic N) is 2. The number of pyridine rings is 2. The standard InChI is InChI=1S/C25H32FN3O5/c1-13-8-9-28(12-19(13)27-24(33)34-25(3,4)5)21-14(2)20-16(15-6-7-15)10-17(23(31)32)22(30)29(20)11-18(21)26/h10-11,13,15,19H,6-9,12H2,1-5H3,(H,27,33)(H,31,32)/t13-,19+/m0/s1. The third-order valence-electron chi connectivity index (χ3n) is 6.67. The number of aromatic carboxylic acids is 1. The number of carbonyl (C=O) groups is 2. The van der Waals surface area contributed by atoms with Crippen molar-refractivity contribution in [2.24, 2.45) is 5.92 Å². The number of piperidine rings is 1. The summed E-state index contributed by atoms with van der Waals surface area (Å²) in [4.78, 5) is 38.7. The summed E-state index contributed by atoms with van der Waals surface area (Å²) in [7, 11) is 0. The Kier molecular flexibility index (Phi) is 6.08. The Labute approximate surface area is 197 Å². The number of aryl methyl sites for hydroxylation is 1. The van der Waals surface area contributed by atoms with Crippen molar-refractivity contribution in [3.63, 3.8) is 0 Å². The molecule has 1 amide bonds. The van der Waals surface area contributed by atoms with Crippen LogP contribution >= 0.6 is 0 Å². The van der Waals surface area contributed by atoms with Crippen LogP contribution in [0.4, 0.5) is 14.9 Å². The molecule has 2 N–H and O–H groups in total. The lowest BCUT2D eigenvalue weighted by atomic mass is 9.92. The van der Waals surface area contributed by atoms with E-state index in [1.165, 1.54) is 6.07 Å².